The molecule has 0 aliphatic carbocycles. The fraction of sp³-hybridized carbons (Fsp3) is 0.500. The molecule has 0 bridgehead atoms. The van der Waals surface area contributed by atoms with Crippen molar-refractivity contribution in [1.29, 1.82) is 0 Å². The number of nitrogens with zero attached hydrogens (tertiary/aromatic N) is 3. The van der Waals surface area contributed by atoms with Gasteiger partial charge in [-0.25, -0.2) is 0 Å². The molecule has 5 heteroatoms. The fourth-order valence-electron chi connectivity index (χ4n) is 1.71. The van der Waals surface area contributed by atoms with E-state index < -0.39 is 6.10 Å². The maximum atomic E-state index is 11.6. The van der Waals surface area contributed by atoms with Crippen LogP contribution in [0.3, 0.4) is 0 Å². The lowest BCUT2D eigenvalue weighted by molar-refractivity contribution is -0.149. The number of benzene rings is 1. The van der Waals surface area contributed by atoms with Crippen molar-refractivity contribution < 1.29 is 9.53 Å². The number of hydrogen-bond donors (Lipinski definition) is 0. The molecule has 0 spiro atoms. The summed E-state index contributed by atoms with van der Waals surface area (Å²) in [7, 11) is 0. The Morgan fingerprint density at radius 1 is 1.42 bits per heavy atom. The van der Waals surface area contributed by atoms with E-state index in [1.165, 1.54) is 5.56 Å². The SMILES string of the molecule is CCCC(=O)O[C@H](CN=[N+]=[N-])c1ccc(C)c(C)c1. The van der Waals surface area contributed by atoms with Gasteiger partial charge in [-0.15, -0.1) is 0 Å². The second-order valence-electron chi connectivity index (χ2n) is 4.49. The summed E-state index contributed by atoms with van der Waals surface area (Å²) in [5.41, 5.74) is 11.6. The van der Waals surface area contributed by atoms with E-state index in [-0.39, 0.29) is 12.5 Å². The summed E-state index contributed by atoms with van der Waals surface area (Å²) in [6.07, 6.45) is 0.603. The van der Waals surface area contributed by atoms with Crippen LogP contribution in [-0.4, -0.2) is 12.5 Å². The van der Waals surface area contributed by atoms with E-state index in [2.05, 4.69) is 10.0 Å². The van der Waals surface area contributed by atoms with E-state index in [1.807, 2.05) is 39.0 Å². The number of esters is 1. The van der Waals surface area contributed by atoms with Crippen molar-refractivity contribution in [2.75, 3.05) is 6.54 Å². The molecule has 0 N–H and O–H groups in total. The van der Waals surface area contributed by atoms with Crippen LogP contribution >= 0.6 is 0 Å². The lowest BCUT2D eigenvalue weighted by atomic mass is 10.0. The number of azide groups is 1. The van der Waals surface area contributed by atoms with E-state index in [0.717, 1.165) is 17.5 Å². The smallest absolute Gasteiger partial charge is 0.306 e. The minimum atomic E-state index is -0.505. The monoisotopic (exact) mass is 261 g/mol. The van der Waals surface area contributed by atoms with Gasteiger partial charge in [-0.2, -0.15) is 0 Å². The van der Waals surface area contributed by atoms with Gasteiger partial charge in [0.05, 0.1) is 6.54 Å². The van der Waals surface area contributed by atoms with Gasteiger partial charge in [-0.3, -0.25) is 4.79 Å². The zero-order valence-electron chi connectivity index (χ0n) is 11.6. The first-order valence-corrected chi connectivity index (χ1v) is 6.36. The second kappa shape index (κ2) is 7.44. The van der Waals surface area contributed by atoms with E-state index >= 15 is 0 Å². The highest BCUT2D eigenvalue weighted by Crippen LogP contribution is 2.21. The lowest BCUT2D eigenvalue weighted by Crippen LogP contribution is -2.13. The molecule has 0 radical (unpaired) electrons. The van der Waals surface area contributed by atoms with Crippen molar-refractivity contribution in [3.8, 4) is 0 Å². The van der Waals surface area contributed by atoms with Gasteiger partial charge in [0.2, 0.25) is 0 Å². The van der Waals surface area contributed by atoms with Crippen molar-refractivity contribution in [1.82, 2.24) is 0 Å². The lowest BCUT2D eigenvalue weighted by Gasteiger charge is -2.17. The first-order chi connectivity index (χ1) is 9.08. The fourth-order valence-corrected chi connectivity index (χ4v) is 1.71. The Bertz CT molecular complexity index is 493. The molecule has 0 fully saturated rings. The minimum absolute atomic E-state index is 0.119. The molecule has 0 aliphatic heterocycles. The largest absolute Gasteiger partial charge is 0.457 e. The molecule has 1 aromatic carbocycles. The van der Waals surface area contributed by atoms with Crippen LogP contribution in [0.5, 0.6) is 0 Å². The van der Waals surface area contributed by atoms with Gasteiger partial charge in [-0.1, -0.05) is 30.2 Å². The molecule has 19 heavy (non-hydrogen) atoms. The van der Waals surface area contributed by atoms with Crippen LogP contribution in [-0.2, 0) is 9.53 Å². The average Bonchev–Trinajstić information content (AvgIpc) is 2.38. The van der Waals surface area contributed by atoms with Gasteiger partial charge in [0, 0.05) is 11.3 Å². The number of carbonyl (C=O) groups is 1. The third kappa shape index (κ3) is 4.64. The Balaban J connectivity index is 2.91. The summed E-state index contributed by atoms with van der Waals surface area (Å²) in [5, 5.41) is 3.52. The third-order valence-electron chi connectivity index (χ3n) is 2.94. The quantitative estimate of drug-likeness (QED) is 0.336. The Morgan fingerprint density at radius 3 is 2.74 bits per heavy atom. The van der Waals surface area contributed by atoms with E-state index in [0.29, 0.717) is 6.42 Å². The van der Waals surface area contributed by atoms with Gasteiger partial charge in [-0.05, 0) is 42.5 Å². The molecule has 0 heterocycles. The number of aryl methyl sites for hydroxylation is 2. The van der Waals surface area contributed by atoms with Crippen molar-refractivity contribution >= 4 is 5.97 Å². The second-order valence-corrected chi connectivity index (χ2v) is 4.49. The Hall–Kier alpha value is -2.00. The third-order valence-corrected chi connectivity index (χ3v) is 2.94. The zero-order chi connectivity index (χ0) is 14.3. The summed E-state index contributed by atoms with van der Waals surface area (Å²) in [6.45, 7) is 6.05. The zero-order valence-corrected chi connectivity index (χ0v) is 11.6. The number of carbonyl (C=O) groups excluding carboxylic acids is 1. The highest BCUT2D eigenvalue weighted by atomic mass is 16.5. The average molecular weight is 261 g/mol. The van der Waals surface area contributed by atoms with Crippen LogP contribution < -0.4 is 0 Å². The summed E-state index contributed by atoms with van der Waals surface area (Å²) in [6, 6.07) is 5.84. The van der Waals surface area contributed by atoms with Crippen LogP contribution in [0.15, 0.2) is 23.3 Å². The topological polar surface area (TPSA) is 75.1 Å². The number of rotatable bonds is 6. The molecule has 1 atom stereocenters. The van der Waals surface area contributed by atoms with Gasteiger partial charge in [0.15, 0.2) is 0 Å². The van der Waals surface area contributed by atoms with Crippen LogP contribution in [0.1, 0.15) is 42.6 Å². The summed E-state index contributed by atoms with van der Waals surface area (Å²) in [4.78, 5) is 14.3. The Kier molecular flexibility index (Phi) is 5.90. The van der Waals surface area contributed by atoms with E-state index in [1.54, 1.807) is 0 Å². The van der Waals surface area contributed by atoms with Gasteiger partial charge in [0.1, 0.15) is 6.10 Å². The van der Waals surface area contributed by atoms with Gasteiger partial charge in [0.25, 0.3) is 0 Å². The van der Waals surface area contributed by atoms with Crippen LogP contribution in [0, 0.1) is 13.8 Å². The highest BCUT2D eigenvalue weighted by molar-refractivity contribution is 5.69. The minimum Gasteiger partial charge on any atom is -0.457 e. The van der Waals surface area contributed by atoms with Gasteiger partial charge < -0.3 is 4.74 Å². The molecular weight excluding hydrogens is 242 g/mol. The van der Waals surface area contributed by atoms with Crippen molar-refractivity contribution in [3.63, 3.8) is 0 Å². The summed E-state index contributed by atoms with van der Waals surface area (Å²) < 4.78 is 5.37. The highest BCUT2D eigenvalue weighted by Gasteiger charge is 2.16. The summed E-state index contributed by atoms with van der Waals surface area (Å²) >= 11 is 0. The maximum Gasteiger partial charge on any atom is 0.306 e. The first kappa shape index (κ1) is 15.1. The normalized spacial score (nSPS) is 11.5. The predicted molar refractivity (Wildman–Crippen MR) is 73.7 cm³/mol. The van der Waals surface area contributed by atoms with E-state index in [4.69, 9.17) is 10.3 Å². The van der Waals surface area contributed by atoms with Gasteiger partial charge >= 0.3 is 5.97 Å². The van der Waals surface area contributed by atoms with Crippen molar-refractivity contribution in [3.05, 3.63) is 45.3 Å². The Morgan fingerprint density at radius 2 is 2.16 bits per heavy atom. The molecule has 1 aromatic rings. The molecule has 102 valence electrons. The molecule has 5 nitrogen and oxygen atoms in total. The molecule has 0 saturated carbocycles. The molecule has 0 aliphatic rings. The molecule has 1 rings (SSSR count). The molecule has 0 saturated heterocycles. The maximum absolute atomic E-state index is 11.6. The molecule has 0 amide bonds. The molecular formula is C14H19N3O2. The number of hydrogen-bond acceptors (Lipinski definition) is 3. The van der Waals surface area contributed by atoms with Crippen LogP contribution in [0.2, 0.25) is 0 Å². The standard InChI is InChI=1S/C14H19N3O2/c1-4-5-14(18)19-13(9-16-17-15)12-7-6-10(2)11(3)8-12/h6-8,13H,4-5,9H2,1-3H3/t13-/m1/s1. The number of ether oxygens (including phenoxy) is 1. The van der Waals surface area contributed by atoms with Crippen molar-refractivity contribution in [2.24, 2.45) is 5.11 Å². The summed E-state index contributed by atoms with van der Waals surface area (Å²) in [5.74, 6) is -0.265. The first-order valence-electron chi connectivity index (χ1n) is 6.36. The van der Waals surface area contributed by atoms with Crippen LogP contribution in [0.4, 0.5) is 0 Å². The van der Waals surface area contributed by atoms with E-state index in [9.17, 15) is 4.79 Å². The van der Waals surface area contributed by atoms with Crippen molar-refractivity contribution in [2.45, 2.75) is 39.7 Å². The predicted octanol–water partition coefficient (Wildman–Crippen LogP) is 4.00. The molecule has 0 unspecified atom stereocenters. The molecule has 0 aromatic heterocycles. The Labute approximate surface area is 113 Å². The van der Waals surface area contributed by atoms with Crippen LogP contribution in [0.25, 0.3) is 10.4 Å².